The highest BCUT2D eigenvalue weighted by Gasteiger charge is 2.24. The predicted molar refractivity (Wildman–Crippen MR) is 169 cm³/mol. The van der Waals surface area contributed by atoms with E-state index in [-0.39, 0.29) is 5.91 Å². The second kappa shape index (κ2) is 13.3. The van der Waals surface area contributed by atoms with Crippen molar-refractivity contribution in [2.24, 2.45) is 0 Å². The zero-order valence-electron chi connectivity index (χ0n) is 22.4. The fourth-order valence-electron chi connectivity index (χ4n) is 4.61. The van der Waals surface area contributed by atoms with E-state index < -0.39 is 0 Å². The van der Waals surface area contributed by atoms with Gasteiger partial charge < -0.3 is 9.32 Å². The van der Waals surface area contributed by atoms with Crippen LogP contribution in [0.15, 0.2) is 88.0 Å². The molecule has 12 heteroatoms. The van der Waals surface area contributed by atoms with Crippen molar-refractivity contribution < 1.29 is 9.21 Å². The molecule has 0 N–H and O–H groups in total. The number of thiazole rings is 1. The van der Waals surface area contributed by atoms with Gasteiger partial charge in [-0.3, -0.25) is 14.3 Å². The van der Waals surface area contributed by atoms with E-state index in [2.05, 4.69) is 44.4 Å². The first-order valence-corrected chi connectivity index (χ1v) is 15.9. The van der Waals surface area contributed by atoms with Crippen molar-refractivity contribution in [3.05, 3.63) is 105 Å². The summed E-state index contributed by atoms with van der Waals surface area (Å²) in [6.07, 6.45) is 5.90. The van der Waals surface area contributed by atoms with Gasteiger partial charge in [0.2, 0.25) is 5.82 Å². The molecule has 0 saturated carbocycles. The largest absolute Gasteiger partial charge is 0.461 e. The molecule has 1 aliphatic rings. The number of rotatable bonds is 9. The van der Waals surface area contributed by atoms with E-state index in [1.54, 1.807) is 24.5 Å². The van der Waals surface area contributed by atoms with Crippen LogP contribution in [0.1, 0.15) is 21.1 Å². The molecule has 42 heavy (non-hydrogen) atoms. The molecule has 6 rings (SSSR count). The van der Waals surface area contributed by atoms with Crippen LogP contribution in [0, 0.1) is 0 Å². The van der Waals surface area contributed by atoms with Crippen LogP contribution >= 0.6 is 46.3 Å². The Kier molecular flexibility index (Phi) is 9.07. The van der Waals surface area contributed by atoms with E-state index in [1.807, 2.05) is 45.2 Å². The highest BCUT2D eigenvalue weighted by Crippen LogP contribution is 2.34. The molecule has 3 aromatic heterocycles. The van der Waals surface area contributed by atoms with E-state index in [0.717, 1.165) is 24.6 Å². The average Bonchev–Trinajstić information content (AvgIpc) is 3.78. The first kappa shape index (κ1) is 28.7. The Labute approximate surface area is 261 Å². The van der Waals surface area contributed by atoms with Gasteiger partial charge in [0, 0.05) is 43.1 Å². The summed E-state index contributed by atoms with van der Waals surface area (Å²) >= 11 is 15.6. The molecule has 1 fully saturated rings. The van der Waals surface area contributed by atoms with Crippen molar-refractivity contribution in [3.63, 3.8) is 0 Å². The summed E-state index contributed by atoms with van der Waals surface area (Å²) in [5.41, 5.74) is 2.35. The predicted octanol–water partition coefficient (Wildman–Crippen LogP) is 7.05. The number of halogens is 2. The number of carbonyl (C=O) groups excluding carboxylic acids is 1. The zero-order valence-corrected chi connectivity index (χ0v) is 25.5. The molecule has 1 aliphatic heterocycles. The summed E-state index contributed by atoms with van der Waals surface area (Å²) in [4.78, 5) is 22.1. The van der Waals surface area contributed by atoms with Crippen molar-refractivity contribution in [2.75, 3.05) is 32.7 Å². The Morgan fingerprint density at radius 1 is 1.02 bits per heavy atom. The first-order chi connectivity index (χ1) is 20.5. The zero-order chi connectivity index (χ0) is 28.9. The Morgan fingerprint density at radius 3 is 2.62 bits per heavy atom. The summed E-state index contributed by atoms with van der Waals surface area (Å²) in [7, 11) is 0. The lowest BCUT2D eigenvalue weighted by atomic mass is 10.2. The summed E-state index contributed by atoms with van der Waals surface area (Å²) in [6.45, 7) is 3.89. The minimum absolute atomic E-state index is 0.0294. The Morgan fingerprint density at radius 2 is 1.86 bits per heavy atom. The van der Waals surface area contributed by atoms with Gasteiger partial charge >= 0.3 is 0 Å². The van der Waals surface area contributed by atoms with E-state index in [4.69, 9.17) is 27.6 Å². The number of hydrogen-bond donors (Lipinski definition) is 0. The number of benzene rings is 2. The maximum atomic E-state index is 13.2. The van der Waals surface area contributed by atoms with Crippen LogP contribution in [-0.4, -0.2) is 68.2 Å². The van der Waals surface area contributed by atoms with Crippen molar-refractivity contribution in [1.29, 1.82) is 0 Å². The number of thioether (sulfide) groups is 1. The van der Waals surface area contributed by atoms with Crippen LogP contribution in [0.3, 0.4) is 0 Å². The van der Waals surface area contributed by atoms with Crippen molar-refractivity contribution in [3.8, 4) is 17.3 Å². The normalized spacial score (nSPS) is 14.2. The number of piperazine rings is 1. The van der Waals surface area contributed by atoms with Gasteiger partial charge in [0.15, 0.2) is 10.9 Å². The van der Waals surface area contributed by atoms with Gasteiger partial charge in [-0.1, -0.05) is 77.4 Å². The van der Waals surface area contributed by atoms with Gasteiger partial charge in [-0.15, -0.1) is 21.5 Å². The molecule has 1 saturated heterocycles. The van der Waals surface area contributed by atoms with Crippen LogP contribution in [0.5, 0.6) is 0 Å². The third-order valence-corrected chi connectivity index (χ3v) is 9.26. The number of carbonyl (C=O) groups is 1. The Bertz CT molecular complexity index is 1680. The molecular weight excluding hydrogens is 611 g/mol. The summed E-state index contributed by atoms with van der Waals surface area (Å²) < 4.78 is 7.44. The number of furan rings is 1. The molecule has 0 bridgehead atoms. The van der Waals surface area contributed by atoms with Gasteiger partial charge in [-0.2, -0.15) is 0 Å². The molecule has 0 atom stereocenters. The second-order valence-electron chi connectivity index (χ2n) is 9.54. The molecule has 214 valence electrons. The first-order valence-electron chi connectivity index (χ1n) is 13.3. The molecule has 8 nitrogen and oxygen atoms in total. The summed E-state index contributed by atoms with van der Waals surface area (Å²) in [6, 6.07) is 19.1. The standard InChI is InChI=1S/C30H26Cl2N6O2S2/c31-22-10-11-25(23(32)18-22)38-28(26-9-5-17-40-26)34-35-30(38)42-20-27-33-24(19-41-27)29(39)37-15-13-36(14-16-37)12-4-8-21-6-2-1-3-7-21/h1-11,17-19H,12-16,20H2/b8-4+. The minimum atomic E-state index is -0.0294. The molecule has 1 amide bonds. The van der Waals surface area contributed by atoms with Crippen LogP contribution < -0.4 is 0 Å². The summed E-state index contributed by atoms with van der Waals surface area (Å²) in [5, 5.41) is 13.0. The van der Waals surface area contributed by atoms with Crippen LogP contribution in [0.25, 0.3) is 23.3 Å². The third-order valence-electron chi connectivity index (χ3n) is 6.75. The second-order valence-corrected chi connectivity index (χ2v) is 12.3. The average molecular weight is 638 g/mol. The maximum Gasteiger partial charge on any atom is 0.273 e. The van der Waals surface area contributed by atoms with Crippen LogP contribution in [0.2, 0.25) is 10.0 Å². The number of hydrogen-bond acceptors (Lipinski definition) is 8. The van der Waals surface area contributed by atoms with Crippen LogP contribution in [0.4, 0.5) is 0 Å². The fourth-order valence-corrected chi connectivity index (χ4v) is 6.83. The molecular formula is C30H26Cl2N6O2S2. The molecule has 4 heterocycles. The number of amides is 1. The topological polar surface area (TPSA) is 80.3 Å². The monoisotopic (exact) mass is 636 g/mol. The smallest absolute Gasteiger partial charge is 0.273 e. The summed E-state index contributed by atoms with van der Waals surface area (Å²) in [5.74, 6) is 1.57. The molecule has 5 aromatic rings. The molecule has 0 aliphatic carbocycles. The minimum Gasteiger partial charge on any atom is -0.461 e. The molecule has 2 aromatic carbocycles. The van der Waals surface area contributed by atoms with Gasteiger partial charge in [0.25, 0.3) is 5.91 Å². The van der Waals surface area contributed by atoms with E-state index in [1.165, 1.54) is 28.7 Å². The van der Waals surface area contributed by atoms with E-state index >= 15 is 0 Å². The SMILES string of the molecule is O=C(c1csc(CSc2nnc(-c3ccco3)n2-c2ccc(Cl)cc2Cl)n1)N1CCN(C/C=C/c2ccccc2)CC1. The third kappa shape index (κ3) is 6.63. The number of nitrogens with zero attached hydrogens (tertiary/aromatic N) is 6. The fraction of sp³-hybridized carbons (Fsp3) is 0.200. The maximum absolute atomic E-state index is 13.2. The Hall–Kier alpha value is -3.41. The molecule has 0 radical (unpaired) electrons. The lowest BCUT2D eigenvalue weighted by molar-refractivity contribution is 0.0645. The van der Waals surface area contributed by atoms with Crippen molar-refractivity contribution >= 4 is 58.3 Å². The molecule has 0 unspecified atom stereocenters. The highest BCUT2D eigenvalue weighted by molar-refractivity contribution is 7.98. The van der Waals surface area contributed by atoms with E-state index in [0.29, 0.717) is 57.0 Å². The van der Waals surface area contributed by atoms with Gasteiger partial charge in [0.05, 0.1) is 22.7 Å². The van der Waals surface area contributed by atoms with Gasteiger partial charge in [0.1, 0.15) is 10.7 Å². The van der Waals surface area contributed by atoms with Gasteiger partial charge in [-0.05, 0) is 35.9 Å². The lowest BCUT2D eigenvalue weighted by Crippen LogP contribution is -2.48. The molecule has 0 spiro atoms. The Balaban J connectivity index is 1.08. The van der Waals surface area contributed by atoms with Crippen LogP contribution in [-0.2, 0) is 5.75 Å². The van der Waals surface area contributed by atoms with Gasteiger partial charge in [-0.25, -0.2) is 4.98 Å². The van der Waals surface area contributed by atoms with Crippen molar-refractivity contribution in [1.82, 2.24) is 29.5 Å². The highest BCUT2D eigenvalue weighted by atomic mass is 35.5. The van der Waals surface area contributed by atoms with E-state index in [9.17, 15) is 4.79 Å². The quantitative estimate of drug-likeness (QED) is 0.160. The number of aromatic nitrogens is 4. The lowest BCUT2D eigenvalue weighted by Gasteiger charge is -2.33. The van der Waals surface area contributed by atoms with Crippen molar-refractivity contribution in [2.45, 2.75) is 10.9 Å².